The molecule has 0 radical (unpaired) electrons. The molecule has 0 saturated carbocycles. The van der Waals surface area contributed by atoms with E-state index in [-0.39, 0.29) is 0 Å². The van der Waals surface area contributed by atoms with Gasteiger partial charge in [0.25, 0.3) is 0 Å². The minimum Gasteiger partial charge on any atom is -0.311 e. The highest BCUT2D eigenvalue weighted by Crippen LogP contribution is 2.20. The van der Waals surface area contributed by atoms with Crippen LogP contribution in [0.2, 0.25) is 0 Å². The molecule has 0 spiro atoms. The number of anilines is 1. The van der Waals surface area contributed by atoms with Gasteiger partial charge in [0.15, 0.2) is 0 Å². The number of carbonyl (C=O) groups excluding carboxylic acids is 1. The Labute approximate surface area is 109 Å². The Kier molecular flexibility index (Phi) is 3.94. The molecule has 0 heterocycles. The molecule has 17 heavy (non-hydrogen) atoms. The quantitative estimate of drug-likeness (QED) is 0.788. The molecule has 1 amide bonds. The number of rotatable bonds is 4. The van der Waals surface area contributed by atoms with Gasteiger partial charge < -0.3 is 4.90 Å². The molecule has 0 aliphatic heterocycles. The summed E-state index contributed by atoms with van der Waals surface area (Å²) in [7, 11) is 0. The van der Waals surface area contributed by atoms with E-state index in [1.165, 1.54) is 0 Å². The smallest absolute Gasteiger partial charge is 0.214 e. The molecule has 2 rings (SSSR count). The summed E-state index contributed by atoms with van der Waals surface area (Å²) in [5.41, 5.74) is 2.00. The maximum Gasteiger partial charge on any atom is 0.214 e. The van der Waals surface area contributed by atoms with Crippen molar-refractivity contribution in [2.75, 3.05) is 4.90 Å². The van der Waals surface area contributed by atoms with Gasteiger partial charge in [0.2, 0.25) is 6.41 Å². The van der Waals surface area contributed by atoms with Crippen molar-refractivity contribution in [1.29, 1.82) is 0 Å². The van der Waals surface area contributed by atoms with Crippen molar-refractivity contribution in [2.45, 2.75) is 6.54 Å². The topological polar surface area (TPSA) is 20.3 Å². The first-order chi connectivity index (χ1) is 8.29. The fourth-order valence-electron chi connectivity index (χ4n) is 1.62. The van der Waals surface area contributed by atoms with Gasteiger partial charge >= 0.3 is 0 Å². The highest BCUT2D eigenvalue weighted by atomic mass is 79.9. The molecule has 0 saturated heterocycles. The predicted molar refractivity (Wildman–Crippen MR) is 72.8 cm³/mol. The molecule has 0 unspecified atom stereocenters. The molecule has 0 atom stereocenters. The van der Waals surface area contributed by atoms with Crippen LogP contribution in [0.1, 0.15) is 5.56 Å². The van der Waals surface area contributed by atoms with Gasteiger partial charge in [0, 0.05) is 10.2 Å². The molecule has 3 heteroatoms. The van der Waals surface area contributed by atoms with E-state index in [1.54, 1.807) is 4.90 Å². The Morgan fingerprint density at radius 3 is 2.47 bits per heavy atom. The lowest BCUT2D eigenvalue weighted by Gasteiger charge is -2.17. The van der Waals surface area contributed by atoms with Crippen molar-refractivity contribution in [3.8, 4) is 0 Å². The summed E-state index contributed by atoms with van der Waals surface area (Å²) in [6.07, 6.45) is 0.856. The van der Waals surface area contributed by atoms with E-state index in [4.69, 9.17) is 0 Å². The van der Waals surface area contributed by atoms with Crippen LogP contribution in [0.3, 0.4) is 0 Å². The molecule has 0 aliphatic carbocycles. The van der Waals surface area contributed by atoms with Crippen LogP contribution in [0, 0.1) is 0 Å². The maximum atomic E-state index is 11.1. The van der Waals surface area contributed by atoms with Gasteiger partial charge in [-0.1, -0.05) is 52.3 Å². The number of nitrogens with zero attached hydrogens (tertiary/aromatic N) is 1. The molecule has 2 nitrogen and oxygen atoms in total. The Hall–Kier alpha value is -1.61. The predicted octanol–water partition coefficient (Wildman–Crippen LogP) is 3.61. The maximum absolute atomic E-state index is 11.1. The van der Waals surface area contributed by atoms with Crippen LogP contribution in [-0.2, 0) is 11.3 Å². The molecule has 0 bridgehead atoms. The van der Waals surface area contributed by atoms with Crippen LogP contribution < -0.4 is 4.90 Å². The highest BCUT2D eigenvalue weighted by Gasteiger charge is 2.05. The Bertz CT molecular complexity index is 499. The molecule has 86 valence electrons. The van der Waals surface area contributed by atoms with Crippen LogP contribution in [0.5, 0.6) is 0 Å². The normalized spacial score (nSPS) is 9.94. The fourth-order valence-corrected chi connectivity index (χ4v) is 2.01. The van der Waals surface area contributed by atoms with E-state index < -0.39 is 0 Å². The van der Waals surface area contributed by atoms with Crippen LogP contribution in [-0.4, -0.2) is 6.41 Å². The van der Waals surface area contributed by atoms with Crippen LogP contribution in [0.4, 0.5) is 5.69 Å². The lowest BCUT2D eigenvalue weighted by molar-refractivity contribution is -0.107. The lowest BCUT2D eigenvalue weighted by atomic mass is 10.2. The minimum atomic E-state index is 0.584. The van der Waals surface area contributed by atoms with Gasteiger partial charge in [-0.3, -0.25) is 4.79 Å². The third-order valence-corrected chi connectivity index (χ3v) is 2.96. The first kappa shape index (κ1) is 11.9. The molecular weight excluding hydrogens is 278 g/mol. The van der Waals surface area contributed by atoms with E-state index in [9.17, 15) is 4.79 Å². The largest absolute Gasteiger partial charge is 0.311 e. The summed E-state index contributed by atoms with van der Waals surface area (Å²) < 4.78 is 0.968. The van der Waals surface area contributed by atoms with E-state index in [2.05, 4.69) is 15.9 Å². The van der Waals surface area contributed by atoms with Gasteiger partial charge in [-0.05, 0) is 23.8 Å². The lowest BCUT2D eigenvalue weighted by Crippen LogP contribution is -2.20. The Balaban J connectivity index is 2.20. The van der Waals surface area contributed by atoms with Gasteiger partial charge in [-0.25, -0.2) is 0 Å². The fraction of sp³-hybridized carbons (Fsp3) is 0.0714. The standard InChI is InChI=1S/C14H12BrNO/c15-13-7-4-8-14(9-13)16(11-17)10-12-5-2-1-3-6-12/h1-9,11H,10H2. The van der Waals surface area contributed by atoms with E-state index in [0.29, 0.717) is 6.54 Å². The zero-order valence-corrected chi connectivity index (χ0v) is 10.8. The first-order valence-corrected chi connectivity index (χ1v) is 6.10. The zero-order valence-electron chi connectivity index (χ0n) is 9.21. The summed E-state index contributed by atoms with van der Waals surface area (Å²) in [5.74, 6) is 0. The summed E-state index contributed by atoms with van der Waals surface area (Å²) in [5, 5.41) is 0. The molecule has 0 aromatic heterocycles. The molecule has 0 N–H and O–H groups in total. The average Bonchev–Trinajstić information content (AvgIpc) is 2.37. The summed E-state index contributed by atoms with van der Waals surface area (Å²) in [4.78, 5) is 12.8. The SMILES string of the molecule is O=CN(Cc1ccccc1)c1cccc(Br)c1. The van der Waals surface area contributed by atoms with Gasteiger partial charge in [0.1, 0.15) is 0 Å². The Morgan fingerprint density at radius 1 is 1.06 bits per heavy atom. The van der Waals surface area contributed by atoms with Crippen LogP contribution in [0.25, 0.3) is 0 Å². The first-order valence-electron chi connectivity index (χ1n) is 5.31. The van der Waals surface area contributed by atoms with Gasteiger partial charge in [-0.15, -0.1) is 0 Å². The number of hydrogen-bond donors (Lipinski definition) is 0. The number of amides is 1. The molecule has 0 fully saturated rings. The van der Waals surface area contributed by atoms with Crippen LogP contribution in [0.15, 0.2) is 59.1 Å². The van der Waals surface area contributed by atoms with Crippen LogP contribution >= 0.6 is 15.9 Å². The van der Waals surface area contributed by atoms with E-state index in [0.717, 1.165) is 22.1 Å². The van der Waals surface area contributed by atoms with Crippen molar-refractivity contribution in [3.05, 3.63) is 64.6 Å². The number of carbonyl (C=O) groups is 1. The van der Waals surface area contributed by atoms with Crippen molar-refractivity contribution in [2.24, 2.45) is 0 Å². The van der Waals surface area contributed by atoms with Crippen molar-refractivity contribution in [1.82, 2.24) is 0 Å². The Morgan fingerprint density at radius 2 is 1.82 bits per heavy atom. The summed E-state index contributed by atoms with van der Waals surface area (Å²) >= 11 is 3.40. The van der Waals surface area contributed by atoms with Crippen molar-refractivity contribution < 1.29 is 4.79 Å². The van der Waals surface area contributed by atoms with Crippen molar-refractivity contribution in [3.63, 3.8) is 0 Å². The van der Waals surface area contributed by atoms with E-state index in [1.807, 2.05) is 54.6 Å². The van der Waals surface area contributed by atoms with E-state index >= 15 is 0 Å². The third-order valence-electron chi connectivity index (χ3n) is 2.46. The molecule has 2 aromatic carbocycles. The second kappa shape index (κ2) is 5.64. The highest BCUT2D eigenvalue weighted by molar-refractivity contribution is 9.10. The minimum absolute atomic E-state index is 0.584. The average molecular weight is 290 g/mol. The molecule has 0 aliphatic rings. The molecule has 2 aromatic rings. The van der Waals surface area contributed by atoms with Gasteiger partial charge in [-0.2, -0.15) is 0 Å². The van der Waals surface area contributed by atoms with Gasteiger partial charge in [0.05, 0.1) is 6.54 Å². The number of hydrogen-bond acceptors (Lipinski definition) is 1. The summed E-state index contributed by atoms with van der Waals surface area (Å²) in [6.45, 7) is 0.584. The molecular formula is C14H12BrNO. The van der Waals surface area contributed by atoms with Crippen molar-refractivity contribution >= 4 is 28.0 Å². The number of halogens is 1. The third kappa shape index (κ3) is 3.17. The number of benzene rings is 2. The monoisotopic (exact) mass is 289 g/mol. The zero-order chi connectivity index (χ0) is 12.1. The summed E-state index contributed by atoms with van der Waals surface area (Å²) in [6, 6.07) is 17.6. The second-order valence-electron chi connectivity index (χ2n) is 3.70. The second-order valence-corrected chi connectivity index (χ2v) is 4.61.